The van der Waals surface area contributed by atoms with Gasteiger partial charge in [0.05, 0.1) is 4.90 Å². The molecule has 29 heavy (non-hydrogen) atoms. The second kappa shape index (κ2) is 9.02. The van der Waals surface area contributed by atoms with Crippen LogP contribution in [0.15, 0.2) is 57.9 Å². The summed E-state index contributed by atoms with van der Waals surface area (Å²) < 4.78 is 28.2. The van der Waals surface area contributed by atoms with E-state index < -0.39 is 10.0 Å². The first kappa shape index (κ1) is 21.4. The van der Waals surface area contributed by atoms with Crippen LogP contribution in [0.4, 0.5) is 10.8 Å². The molecule has 3 rings (SSSR count). The van der Waals surface area contributed by atoms with Crippen LogP contribution in [-0.4, -0.2) is 24.5 Å². The van der Waals surface area contributed by atoms with Gasteiger partial charge < -0.3 is 0 Å². The third kappa shape index (κ3) is 5.84. The van der Waals surface area contributed by atoms with Crippen LogP contribution in [0.3, 0.4) is 0 Å². The lowest BCUT2D eigenvalue weighted by atomic mass is 10.1. The van der Waals surface area contributed by atoms with Crippen molar-refractivity contribution in [2.24, 2.45) is 5.92 Å². The fourth-order valence-corrected chi connectivity index (χ4v) is 4.69. The summed E-state index contributed by atoms with van der Waals surface area (Å²) in [6.45, 7) is 4.18. The summed E-state index contributed by atoms with van der Waals surface area (Å²) >= 11 is 4.62. The molecule has 0 aliphatic carbocycles. The Morgan fingerprint density at radius 2 is 1.72 bits per heavy atom. The van der Waals surface area contributed by atoms with Crippen molar-refractivity contribution in [2.45, 2.75) is 25.2 Å². The molecule has 152 valence electrons. The van der Waals surface area contributed by atoms with Gasteiger partial charge in [-0.15, -0.1) is 10.2 Å². The lowest BCUT2D eigenvalue weighted by molar-refractivity contribution is 0.102. The normalized spacial score (nSPS) is 11.4. The Balaban J connectivity index is 1.65. The van der Waals surface area contributed by atoms with Gasteiger partial charge in [-0.3, -0.25) is 14.8 Å². The van der Waals surface area contributed by atoms with Crippen LogP contribution < -0.4 is 10.0 Å². The van der Waals surface area contributed by atoms with E-state index in [1.165, 1.54) is 35.6 Å². The maximum atomic E-state index is 12.4. The molecule has 0 aliphatic rings. The van der Waals surface area contributed by atoms with Crippen molar-refractivity contribution in [2.75, 3.05) is 10.0 Å². The molecular weight excluding hydrogens is 476 g/mol. The molecule has 0 spiro atoms. The number of rotatable bonds is 7. The largest absolute Gasteiger partial charge is 0.296 e. The molecule has 0 saturated heterocycles. The Hall–Kier alpha value is -2.30. The summed E-state index contributed by atoms with van der Waals surface area (Å²) in [7, 11) is -3.71. The molecule has 7 nitrogen and oxygen atoms in total. The molecule has 0 fully saturated rings. The summed E-state index contributed by atoms with van der Waals surface area (Å²) in [4.78, 5) is 12.5. The summed E-state index contributed by atoms with van der Waals surface area (Å²) in [6, 6.07) is 12.5. The van der Waals surface area contributed by atoms with Crippen molar-refractivity contribution < 1.29 is 13.2 Å². The minimum Gasteiger partial charge on any atom is -0.296 e. The van der Waals surface area contributed by atoms with E-state index in [0.717, 1.165) is 15.9 Å². The molecule has 2 N–H and O–H groups in total. The van der Waals surface area contributed by atoms with E-state index in [1.807, 2.05) is 0 Å². The summed E-state index contributed by atoms with van der Waals surface area (Å²) in [6.07, 6.45) is 0.806. The van der Waals surface area contributed by atoms with E-state index in [9.17, 15) is 13.2 Å². The van der Waals surface area contributed by atoms with Crippen LogP contribution in [0.5, 0.6) is 0 Å². The average molecular weight is 495 g/mol. The fourth-order valence-electron chi connectivity index (χ4n) is 2.42. The highest BCUT2D eigenvalue weighted by Gasteiger charge is 2.15. The molecular formula is C19H19BrN4O3S2. The number of nitrogens with one attached hydrogen (secondary N) is 2. The SMILES string of the molecule is CC(C)Cc1nnc(NC(=O)c2ccc(NS(=O)(=O)c3ccc(Br)cc3)cc2)s1. The lowest BCUT2D eigenvalue weighted by Crippen LogP contribution is -2.14. The predicted octanol–water partition coefficient (Wildman–Crippen LogP) is 4.55. The Kier molecular flexibility index (Phi) is 6.66. The van der Waals surface area contributed by atoms with Crippen molar-refractivity contribution in [1.29, 1.82) is 0 Å². The second-order valence-corrected chi connectivity index (χ2v) is 10.3. The summed E-state index contributed by atoms with van der Waals surface area (Å²) in [5.41, 5.74) is 0.747. The molecule has 0 radical (unpaired) electrons. The van der Waals surface area contributed by atoms with Crippen LogP contribution in [0.2, 0.25) is 0 Å². The highest BCUT2D eigenvalue weighted by molar-refractivity contribution is 9.10. The number of benzene rings is 2. The van der Waals surface area contributed by atoms with E-state index in [-0.39, 0.29) is 10.8 Å². The van der Waals surface area contributed by atoms with Crippen molar-refractivity contribution in [1.82, 2.24) is 10.2 Å². The van der Waals surface area contributed by atoms with Crippen LogP contribution in [0.25, 0.3) is 0 Å². The molecule has 0 bridgehead atoms. The molecule has 0 aliphatic heterocycles. The smallest absolute Gasteiger partial charge is 0.261 e. The standard InChI is InChI=1S/C19H19BrN4O3S2/c1-12(2)11-17-22-23-19(28-17)21-18(25)13-3-7-15(8-4-13)24-29(26,27)16-9-5-14(20)6-10-16/h3-10,12,24H,11H2,1-2H3,(H,21,23,25). The number of halogens is 1. The van der Waals surface area contributed by atoms with E-state index in [4.69, 9.17) is 0 Å². The number of aromatic nitrogens is 2. The minimum atomic E-state index is -3.71. The number of sulfonamides is 1. The Labute approximate surface area is 181 Å². The van der Waals surface area contributed by atoms with E-state index >= 15 is 0 Å². The van der Waals surface area contributed by atoms with E-state index in [0.29, 0.717) is 22.3 Å². The quantitative estimate of drug-likeness (QED) is 0.501. The van der Waals surface area contributed by atoms with Crippen LogP contribution in [0.1, 0.15) is 29.2 Å². The molecule has 0 atom stereocenters. The maximum absolute atomic E-state index is 12.4. The van der Waals surface area contributed by atoms with Gasteiger partial charge in [0.2, 0.25) is 5.13 Å². The number of amides is 1. The van der Waals surface area contributed by atoms with Crippen LogP contribution in [0, 0.1) is 5.92 Å². The van der Waals surface area contributed by atoms with Gasteiger partial charge in [0, 0.05) is 22.1 Å². The first-order valence-corrected chi connectivity index (χ1v) is 11.8. The Morgan fingerprint density at radius 1 is 1.07 bits per heavy atom. The summed E-state index contributed by atoms with van der Waals surface area (Å²) in [5, 5.41) is 12.1. The number of hydrogen-bond acceptors (Lipinski definition) is 6. The predicted molar refractivity (Wildman–Crippen MR) is 118 cm³/mol. The maximum Gasteiger partial charge on any atom is 0.261 e. The van der Waals surface area contributed by atoms with Gasteiger partial charge in [-0.1, -0.05) is 41.1 Å². The molecule has 1 heterocycles. The van der Waals surface area contributed by atoms with Gasteiger partial charge >= 0.3 is 0 Å². The van der Waals surface area contributed by atoms with Gasteiger partial charge in [0.1, 0.15) is 5.01 Å². The monoisotopic (exact) mass is 494 g/mol. The van der Waals surface area contributed by atoms with Gasteiger partial charge in [-0.2, -0.15) is 0 Å². The second-order valence-electron chi connectivity index (χ2n) is 6.69. The lowest BCUT2D eigenvalue weighted by Gasteiger charge is -2.09. The topological polar surface area (TPSA) is 101 Å². The number of hydrogen-bond donors (Lipinski definition) is 2. The van der Waals surface area contributed by atoms with Gasteiger partial charge in [0.15, 0.2) is 0 Å². The molecule has 2 aromatic carbocycles. The molecule has 1 aromatic heterocycles. The number of anilines is 2. The fraction of sp³-hybridized carbons (Fsp3) is 0.211. The van der Waals surface area contributed by atoms with E-state index in [2.05, 4.69) is 50.0 Å². The van der Waals surface area contributed by atoms with Crippen molar-refractivity contribution >= 4 is 54.0 Å². The number of carbonyl (C=O) groups is 1. The third-order valence-corrected chi connectivity index (χ3v) is 6.58. The van der Waals surface area contributed by atoms with Crippen molar-refractivity contribution in [3.8, 4) is 0 Å². The van der Waals surface area contributed by atoms with Crippen LogP contribution >= 0.6 is 27.3 Å². The molecule has 3 aromatic rings. The zero-order valence-electron chi connectivity index (χ0n) is 15.7. The first-order valence-electron chi connectivity index (χ1n) is 8.75. The highest BCUT2D eigenvalue weighted by Crippen LogP contribution is 2.21. The molecule has 0 unspecified atom stereocenters. The van der Waals surface area contributed by atoms with E-state index in [1.54, 1.807) is 24.3 Å². The number of nitrogens with zero attached hydrogens (tertiary/aromatic N) is 2. The number of carbonyl (C=O) groups excluding carboxylic acids is 1. The highest BCUT2D eigenvalue weighted by atomic mass is 79.9. The Bertz CT molecular complexity index is 1100. The Morgan fingerprint density at radius 3 is 2.34 bits per heavy atom. The van der Waals surface area contributed by atoms with Crippen molar-refractivity contribution in [3.05, 3.63) is 63.6 Å². The van der Waals surface area contributed by atoms with Gasteiger partial charge in [-0.25, -0.2) is 8.42 Å². The molecule has 0 saturated carbocycles. The third-order valence-electron chi connectivity index (χ3n) is 3.79. The zero-order valence-corrected chi connectivity index (χ0v) is 18.9. The van der Waals surface area contributed by atoms with Gasteiger partial charge in [0.25, 0.3) is 15.9 Å². The molecule has 10 heteroatoms. The van der Waals surface area contributed by atoms with Crippen LogP contribution in [-0.2, 0) is 16.4 Å². The average Bonchev–Trinajstić information content (AvgIpc) is 3.08. The zero-order chi connectivity index (χ0) is 21.0. The van der Waals surface area contributed by atoms with Gasteiger partial charge in [-0.05, 0) is 54.4 Å². The summed E-state index contributed by atoms with van der Waals surface area (Å²) in [5.74, 6) is 0.125. The first-order chi connectivity index (χ1) is 13.7. The molecule has 1 amide bonds. The minimum absolute atomic E-state index is 0.149. The van der Waals surface area contributed by atoms with Crippen molar-refractivity contribution in [3.63, 3.8) is 0 Å².